The molecule has 11 aromatic rings. The van der Waals surface area contributed by atoms with Gasteiger partial charge in [-0.15, -0.1) is 11.3 Å². The van der Waals surface area contributed by atoms with Crippen LogP contribution in [0, 0.1) is 0 Å². The van der Waals surface area contributed by atoms with Gasteiger partial charge in [0, 0.05) is 53.2 Å². The molecule has 58 heavy (non-hydrogen) atoms. The summed E-state index contributed by atoms with van der Waals surface area (Å²) in [6.45, 7) is 2.06. The molecular formula is C52H33N3O2S. The van der Waals surface area contributed by atoms with E-state index in [4.69, 9.17) is 23.8 Å². The molecule has 7 aromatic carbocycles. The Morgan fingerprint density at radius 2 is 1.12 bits per heavy atom. The highest BCUT2D eigenvalue weighted by atomic mass is 32.1. The van der Waals surface area contributed by atoms with Crippen LogP contribution >= 0.6 is 11.3 Å². The fourth-order valence-corrected chi connectivity index (χ4v) is 9.01. The second-order valence-electron chi connectivity index (χ2n) is 14.3. The third kappa shape index (κ3) is 5.90. The van der Waals surface area contributed by atoms with Crippen LogP contribution in [0.4, 0.5) is 0 Å². The summed E-state index contributed by atoms with van der Waals surface area (Å²) in [7, 11) is 0. The van der Waals surface area contributed by atoms with Gasteiger partial charge in [0.1, 0.15) is 22.3 Å². The number of hydrogen-bond acceptors (Lipinski definition) is 6. The van der Waals surface area contributed by atoms with E-state index in [9.17, 15) is 0 Å². The minimum Gasteiger partial charge on any atom is -0.456 e. The van der Waals surface area contributed by atoms with E-state index in [1.807, 2.05) is 48.5 Å². The van der Waals surface area contributed by atoms with Crippen LogP contribution in [0.25, 0.3) is 117 Å². The van der Waals surface area contributed by atoms with Gasteiger partial charge in [-0.1, -0.05) is 127 Å². The Morgan fingerprint density at radius 3 is 1.98 bits per heavy atom. The first-order chi connectivity index (χ1) is 28.7. The third-order valence-corrected chi connectivity index (χ3v) is 11.9. The van der Waals surface area contributed by atoms with Crippen molar-refractivity contribution in [2.75, 3.05) is 0 Å². The van der Waals surface area contributed by atoms with E-state index in [-0.39, 0.29) is 0 Å². The van der Waals surface area contributed by atoms with Gasteiger partial charge >= 0.3 is 0 Å². The zero-order valence-electron chi connectivity index (χ0n) is 31.4. The second-order valence-corrected chi connectivity index (χ2v) is 15.4. The highest BCUT2D eigenvalue weighted by Gasteiger charge is 2.19. The number of thiophene rings is 1. The highest BCUT2D eigenvalue weighted by molar-refractivity contribution is 7.20. The summed E-state index contributed by atoms with van der Waals surface area (Å²) >= 11 is 1.80. The van der Waals surface area contributed by atoms with Crippen molar-refractivity contribution in [2.24, 2.45) is 0 Å². The first kappa shape index (κ1) is 33.9. The van der Waals surface area contributed by atoms with Gasteiger partial charge in [-0.25, -0.2) is 15.0 Å². The second kappa shape index (κ2) is 14.0. The molecule has 0 saturated heterocycles. The van der Waals surface area contributed by atoms with Gasteiger partial charge in [-0.05, 0) is 83.8 Å². The average Bonchev–Trinajstić information content (AvgIpc) is 3.96. The summed E-state index contributed by atoms with van der Waals surface area (Å²) in [5.74, 6) is 1.74. The van der Waals surface area contributed by atoms with Crippen LogP contribution < -0.4 is 0 Å². The van der Waals surface area contributed by atoms with Gasteiger partial charge in [-0.3, -0.25) is 0 Å². The highest BCUT2D eigenvalue weighted by Crippen LogP contribution is 2.39. The van der Waals surface area contributed by atoms with Crippen LogP contribution in [0.5, 0.6) is 0 Å². The molecule has 0 bridgehead atoms. The quantitative estimate of drug-likeness (QED) is 0.162. The molecule has 0 aliphatic heterocycles. The molecule has 0 spiro atoms. The number of benzene rings is 7. The minimum absolute atomic E-state index is 0.572. The molecule has 0 aliphatic carbocycles. The maximum atomic E-state index is 6.56. The smallest absolute Gasteiger partial charge is 0.164 e. The SMILES string of the molecule is C/C=C\c1c(/C=C/c2ccc3c(c2)oc2cccc(-c4nc(-c5ccc(-c6ccccc6)cc5)nc(-c5ccc6oc7ccccc7c6c5)n4)c23)sc2ccccc12. The first-order valence-electron chi connectivity index (χ1n) is 19.3. The zero-order valence-corrected chi connectivity index (χ0v) is 32.2. The number of nitrogens with zero attached hydrogens (tertiary/aromatic N) is 3. The van der Waals surface area contributed by atoms with Gasteiger partial charge in [-0.2, -0.15) is 0 Å². The molecule has 0 amide bonds. The van der Waals surface area contributed by atoms with Gasteiger partial charge in [0.05, 0.1) is 0 Å². The van der Waals surface area contributed by atoms with Crippen LogP contribution in [0.3, 0.4) is 0 Å². The third-order valence-electron chi connectivity index (χ3n) is 10.7. The number of fused-ring (bicyclic) bond motifs is 7. The molecule has 5 nitrogen and oxygen atoms in total. The molecule has 0 saturated carbocycles. The normalized spacial score (nSPS) is 12.1. The number of allylic oxidation sites excluding steroid dienone is 1. The average molecular weight is 764 g/mol. The van der Waals surface area contributed by atoms with Crippen LogP contribution in [0.1, 0.15) is 22.9 Å². The summed E-state index contributed by atoms with van der Waals surface area (Å²) in [6, 6.07) is 54.1. The standard InChI is InChI=1S/C52H33N3O2S/c1-2-11-38-39-15-7-9-19-47(39)58-48(38)29-21-32-20-27-40-46(30-32)57-45-18-10-16-41(49(40)45)52-54-50(35-24-22-34(23-25-35)33-12-4-3-5-13-33)53-51(55-52)36-26-28-44-42(31-36)37-14-6-8-17-43(37)56-44/h2-31H,1H3/b11-2-,29-21+. The largest absolute Gasteiger partial charge is 0.456 e. The lowest BCUT2D eigenvalue weighted by Crippen LogP contribution is -2.00. The lowest BCUT2D eigenvalue weighted by molar-refractivity contribution is 0.668. The van der Waals surface area contributed by atoms with Crippen molar-refractivity contribution < 1.29 is 8.83 Å². The van der Waals surface area contributed by atoms with E-state index in [2.05, 4.69) is 140 Å². The Morgan fingerprint density at radius 1 is 0.448 bits per heavy atom. The molecule has 0 unspecified atom stereocenters. The topological polar surface area (TPSA) is 65.0 Å². The molecular weight excluding hydrogens is 731 g/mol. The molecule has 6 heteroatoms. The van der Waals surface area contributed by atoms with Gasteiger partial charge in [0.2, 0.25) is 0 Å². The molecule has 0 radical (unpaired) electrons. The number of rotatable bonds is 7. The molecule has 0 aliphatic rings. The number of aromatic nitrogens is 3. The van der Waals surface area contributed by atoms with Crippen LogP contribution in [-0.4, -0.2) is 15.0 Å². The van der Waals surface area contributed by atoms with E-state index in [0.29, 0.717) is 17.5 Å². The fourth-order valence-electron chi connectivity index (χ4n) is 7.91. The first-order valence-corrected chi connectivity index (χ1v) is 20.1. The van der Waals surface area contributed by atoms with Gasteiger partial charge < -0.3 is 8.83 Å². The Kier molecular flexibility index (Phi) is 8.15. The predicted octanol–water partition coefficient (Wildman–Crippen LogP) is 14.8. The summed E-state index contributed by atoms with van der Waals surface area (Å²) < 4.78 is 14.0. The van der Waals surface area contributed by atoms with E-state index < -0.39 is 0 Å². The summed E-state index contributed by atoms with van der Waals surface area (Å²) in [4.78, 5) is 16.7. The van der Waals surface area contributed by atoms with Gasteiger partial charge in [0.25, 0.3) is 0 Å². The number of hydrogen-bond donors (Lipinski definition) is 0. The Hall–Kier alpha value is -7.41. The molecule has 0 atom stereocenters. The van der Waals surface area contributed by atoms with Crippen molar-refractivity contribution >= 4 is 83.5 Å². The van der Waals surface area contributed by atoms with Crippen LogP contribution in [0.15, 0.2) is 173 Å². The lowest BCUT2D eigenvalue weighted by Gasteiger charge is -2.10. The van der Waals surface area contributed by atoms with Crippen LogP contribution in [0.2, 0.25) is 0 Å². The minimum atomic E-state index is 0.572. The lowest BCUT2D eigenvalue weighted by atomic mass is 10.0. The fraction of sp³-hybridized carbons (Fsp3) is 0.0192. The van der Waals surface area contributed by atoms with E-state index >= 15 is 0 Å². The summed E-state index contributed by atoms with van der Waals surface area (Å²) in [5.41, 5.74) is 10.5. The predicted molar refractivity (Wildman–Crippen MR) is 242 cm³/mol. The Labute approximate surface area is 337 Å². The maximum absolute atomic E-state index is 6.56. The molecule has 0 N–H and O–H groups in total. The van der Waals surface area contributed by atoms with Crippen molar-refractivity contribution in [1.29, 1.82) is 0 Å². The van der Waals surface area contributed by atoms with E-state index in [0.717, 1.165) is 77.3 Å². The Balaban J connectivity index is 1.04. The van der Waals surface area contributed by atoms with Crippen LogP contribution in [-0.2, 0) is 0 Å². The summed E-state index contributed by atoms with van der Waals surface area (Å²) in [6.07, 6.45) is 8.67. The van der Waals surface area contributed by atoms with Crippen molar-refractivity contribution in [3.8, 4) is 45.3 Å². The molecule has 4 heterocycles. The molecule has 11 rings (SSSR count). The number of furan rings is 2. The van der Waals surface area contributed by atoms with Gasteiger partial charge in [0.15, 0.2) is 17.5 Å². The summed E-state index contributed by atoms with van der Waals surface area (Å²) in [5, 5.41) is 5.31. The van der Waals surface area contributed by atoms with Crippen molar-refractivity contribution in [2.45, 2.75) is 6.92 Å². The Bertz CT molecular complexity index is 3410. The zero-order chi connectivity index (χ0) is 38.6. The van der Waals surface area contributed by atoms with Crippen molar-refractivity contribution in [1.82, 2.24) is 15.0 Å². The van der Waals surface area contributed by atoms with E-state index in [1.165, 1.54) is 20.5 Å². The molecule has 274 valence electrons. The van der Waals surface area contributed by atoms with E-state index in [1.54, 1.807) is 11.3 Å². The monoisotopic (exact) mass is 763 g/mol. The van der Waals surface area contributed by atoms with Crippen molar-refractivity contribution in [3.05, 3.63) is 180 Å². The maximum Gasteiger partial charge on any atom is 0.164 e. The number of para-hydroxylation sites is 1. The van der Waals surface area contributed by atoms with Crippen molar-refractivity contribution in [3.63, 3.8) is 0 Å². The molecule has 4 aromatic heterocycles. The molecule has 0 fully saturated rings.